The Bertz CT molecular complexity index is 336. The van der Waals surface area contributed by atoms with Crippen molar-refractivity contribution < 1.29 is 0 Å². The first-order chi connectivity index (χ1) is 8.74. The molecule has 1 saturated carbocycles. The molecule has 0 bridgehead atoms. The van der Waals surface area contributed by atoms with Crippen LogP contribution < -0.4 is 5.73 Å². The second-order valence-corrected chi connectivity index (χ2v) is 7.51. The lowest BCUT2D eigenvalue weighted by molar-refractivity contribution is 0.138. The van der Waals surface area contributed by atoms with Crippen molar-refractivity contribution in [3.8, 4) is 0 Å². The molecule has 0 aromatic carbocycles. The fourth-order valence-electron chi connectivity index (χ4n) is 3.96. The molecule has 102 valence electrons. The van der Waals surface area contributed by atoms with Gasteiger partial charge in [-0.25, -0.2) is 0 Å². The van der Waals surface area contributed by atoms with E-state index in [0.29, 0.717) is 11.3 Å². The van der Waals surface area contributed by atoms with Crippen LogP contribution in [0, 0.1) is 0 Å². The van der Waals surface area contributed by atoms with Gasteiger partial charge in [-0.05, 0) is 25.0 Å². The number of hydrogen-bond acceptors (Lipinski definition) is 4. The summed E-state index contributed by atoms with van der Waals surface area (Å²) < 4.78 is 0. The first-order valence-corrected chi connectivity index (χ1v) is 8.50. The van der Waals surface area contributed by atoms with E-state index in [9.17, 15) is 0 Å². The molecule has 18 heavy (non-hydrogen) atoms. The number of nitrogens with two attached hydrogens (primary N) is 1. The topological polar surface area (TPSA) is 41.6 Å². The van der Waals surface area contributed by atoms with Crippen LogP contribution in [0.5, 0.6) is 0 Å². The molecule has 1 aliphatic carbocycles. The standard InChI is InChI=1S/C14H25N3S/c1-11-14(8-9-18-11)10-16-13(15)17(14)12-6-4-2-3-5-7-12/h11-12H,2-10H2,1H3,(H2,15,16). The lowest BCUT2D eigenvalue weighted by Gasteiger charge is -2.44. The highest BCUT2D eigenvalue weighted by Crippen LogP contribution is 2.45. The van der Waals surface area contributed by atoms with Gasteiger partial charge in [0.05, 0.1) is 12.1 Å². The van der Waals surface area contributed by atoms with Crippen molar-refractivity contribution >= 4 is 17.7 Å². The second kappa shape index (κ2) is 4.95. The minimum Gasteiger partial charge on any atom is -0.370 e. The number of hydrogen-bond donors (Lipinski definition) is 1. The van der Waals surface area contributed by atoms with Gasteiger partial charge in [0.25, 0.3) is 0 Å². The van der Waals surface area contributed by atoms with Gasteiger partial charge in [0.15, 0.2) is 5.96 Å². The van der Waals surface area contributed by atoms with Gasteiger partial charge in [0.1, 0.15) is 0 Å². The first kappa shape index (κ1) is 12.6. The van der Waals surface area contributed by atoms with Crippen molar-refractivity contribution in [2.45, 2.75) is 68.7 Å². The molecule has 0 aromatic heterocycles. The van der Waals surface area contributed by atoms with Crippen molar-refractivity contribution in [3.63, 3.8) is 0 Å². The third-order valence-corrected chi connectivity index (χ3v) is 6.47. The summed E-state index contributed by atoms with van der Waals surface area (Å²) in [4.78, 5) is 7.16. The van der Waals surface area contributed by atoms with Crippen LogP contribution in [-0.2, 0) is 0 Å². The van der Waals surface area contributed by atoms with Crippen LogP contribution in [-0.4, -0.2) is 40.0 Å². The Hall–Kier alpha value is -0.380. The summed E-state index contributed by atoms with van der Waals surface area (Å²) >= 11 is 2.10. The normalized spacial score (nSPS) is 38.2. The van der Waals surface area contributed by atoms with Crippen molar-refractivity contribution in [1.82, 2.24) is 4.90 Å². The molecule has 3 nitrogen and oxygen atoms in total. The quantitative estimate of drug-likeness (QED) is 0.743. The molecule has 3 aliphatic rings. The zero-order valence-corrected chi connectivity index (χ0v) is 12.2. The minimum absolute atomic E-state index is 0.254. The number of nitrogens with zero attached hydrogens (tertiary/aromatic N) is 2. The van der Waals surface area contributed by atoms with Crippen molar-refractivity contribution in [2.24, 2.45) is 10.7 Å². The Morgan fingerprint density at radius 3 is 2.61 bits per heavy atom. The van der Waals surface area contributed by atoms with E-state index in [-0.39, 0.29) is 5.54 Å². The fraction of sp³-hybridized carbons (Fsp3) is 0.929. The number of aliphatic imine (C=N–C) groups is 1. The monoisotopic (exact) mass is 267 g/mol. The van der Waals surface area contributed by atoms with Crippen molar-refractivity contribution in [2.75, 3.05) is 12.3 Å². The molecular formula is C14H25N3S. The van der Waals surface area contributed by atoms with E-state index in [1.807, 2.05) is 0 Å². The molecular weight excluding hydrogens is 242 g/mol. The second-order valence-electron chi connectivity index (χ2n) is 6.06. The number of guanidine groups is 1. The summed E-state index contributed by atoms with van der Waals surface area (Å²) in [7, 11) is 0. The average Bonchev–Trinajstić information content (AvgIpc) is 2.75. The summed E-state index contributed by atoms with van der Waals surface area (Å²) in [5, 5.41) is 0.672. The molecule has 4 heteroatoms. The largest absolute Gasteiger partial charge is 0.370 e. The molecule has 0 amide bonds. The lowest BCUT2D eigenvalue weighted by Crippen LogP contribution is -2.59. The molecule has 2 atom stereocenters. The Labute approximate surface area is 115 Å². The Kier molecular flexibility index (Phi) is 3.48. The van der Waals surface area contributed by atoms with Gasteiger partial charge >= 0.3 is 0 Å². The van der Waals surface area contributed by atoms with Crippen LogP contribution in [0.2, 0.25) is 0 Å². The smallest absolute Gasteiger partial charge is 0.192 e. The molecule has 0 radical (unpaired) electrons. The van der Waals surface area contributed by atoms with Crippen molar-refractivity contribution in [1.29, 1.82) is 0 Å². The van der Waals surface area contributed by atoms with Gasteiger partial charge in [-0.1, -0.05) is 32.6 Å². The SMILES string of the molecule is CC1SCCC12CN=C(N)N2C1CCCCCC1. The van der Waals surface area contributed by atoms with E-state index < -0.39 is 0 Å². The summed E-state index contributed by atoms with van der Waals surface area (Å²) in [6.45, 7) is 3.30. The molecule has 1 saturated heterocycles. The summed E-state index contributed by atoms with van der Waals surface area (Å²) in [6, 6.07) is 0.653. The first-order valence-electron chi connectivity index (χ1n) is 7.45. The van der Waals surface area contributed by atoms with E-state index in [0.717, 1.165) is 12.5 Å². The summed E-state index contributed by atoms with van der Waals surface area (Å²) in [6.07, 6.45) is 9.43. The van der Waals surface area contributed by atoms with Gasteiger partial charge < -0.3 is 10.6 Å². The van der Waals surface area contributed by atoms with E-state index in [1.54, 1.807) is 0 Å². The van der Waals surface area contributed by atoms with Gasteiger partial charge in [-0.2, -0.15) is 11.8 Å². The zero-order valence-electron chi connectivity index (χ0n) is 11.4. The molecule has 3 rings (SSSR count). The highest BCUT2D eigenvalue weighted by Gasteiger charge is 2.51. The van der Waals surface area contributed by atoms with Gasteiger partial charge in [0, 0.05) is 11.3 Å². The summed E-state index contributed by atoms with van der Waals surface area (Å²) in [5.74, 6) is 2.10. The van der Waals surface area contributed by atoms with Crippen LogP contribution in [0.25, 0.3) is 0 Å². The third kappa shape index (κ3) is 1.93. The maximum atomic E-state index is 6.24. The van der Waals surface area contributed by atoms with Gasteiger partial charge in [-0.15, -0.1) is 0 Å². The molecule has 2 fully saturated rings. The third-order valence-electron chi connectivity index (χ3n) is 5.09. The van der Waals surface area contributed by atoms with E-state index in [1.165, 1.54) is 50.7 Å². The number of rotatable bonds is 1. The lowest BCUT2D eigenvalue weighted by atomic mass is 9.89. The highest BCUT2D eigenvalue weighted by molar-refractivity contribution is 8.00. The van der Waals surface area contributed by atoms with Crippen LogP contribution in [0.3, 0.4) is 0 Å². The molecule has 2 N–H and O–H groups in total. The van der Waals surface area contributed by atoms with Gasteiger partial charge in [-0.3, -0.25) is 4.99 Å². The predicted molar refractivity (Wildman–Crippen MR) is 79.1 cm³/mol. The van der Waals surface area contributed by atoms with Crippen LogP contribution >= 0.6 is 11.8 Å². The zero-order chi connectivity index (χ0) is 12.6. The average molecular weight is 267 g/mol. The number of thioether (sulfide) groups is 1. The predicted octanol–water partition coefficient (Wildman–Crippen LogP) is 2.60. The van der Waals surface area contributed by atoms with Crippen molar-refractivity contribution in [3.05, 3.63) is 0 Å². The minimum atomic E-state index is 0.254. The maximum absolute atomic E-state index is 6.24. The van der Waals surface area contributed by atoms with E-state index in [2.05, 4.69) is 28.6 Å². The molecule has 2 unspecified atom stereocenters. The summed E-state index contributed by atoms with van der Waals surface area (Å²) in [5.41, 5.74) is 6.50. The molecule has 0 aromatic rings. The Balaban J connectivity index is 1.84. The molecule has 1 spiro atoms. The maximum Gasteiger partial charge on any atom is 0.192 e. The Morgan fingerprint density at radius 1 is 1.28 bits per heavy atom. The molecule has 2 heterocycles. The van der Waals surface area contributed by atoms with Crippen LogP contribution in [0.1, 0.15) is 51.9 Å². The van der Waals surface area contributed by atoms with Crippen LogP contribution in [0.15, 0.2) is 4.99 Å². The fourth-order valence-corrected chi connectivity index (χ4v) is 5.40. The van der Waals surface area contributed by atoms with E-state index in [4.69, 9.17) is 5.73 Å². The highest BCUT2D eigenvalue weighted by atomic mass is 32.2. The van der Waals surface area contributed by atoms with Gasteiger partial charge in [0.2, 0.25) is 0 Å². The Morgan fingerprint density at radius 2 is 2.00 bits per heavy atom. The van der Waals surface area contributed by atoms with E-state index >= 15 is 0 Å². The van der Waals surface area contributed by atoms with Crippen LogP contribution in [0.4, 0.5) is 0 Å². The molecule has 2 aliphatic heterocycles.